The molecule has 0 radical (unpaired) electrons. The van der Waals surface area contributed by atoms with Crippen molar-refractivity contribution < 1.29 is 18.3 Å². The van der Waals surface area contributed by atoms with Crippen LogP contribution in [-0.4, -0.2) is 35.1 Å². The van der Waals surface area contributed by atoms with E-state index in [0.29, 0.717) is 24.5 Å². The van der Waals surface area contributed by atoms with Crippen LogP contribution in [0.25, 0.3) is 0 Å². The van der Waals surface area contributed by atoms with Crippen LogP contribution in [0.1, 0.15) is 12.1 Å². The first-order chi connectivity index (χ1) is 11.5. The number of para-hydroxylation sites is 2. The number of hydrogen-bond acceptors (Lipinski definition) is 5. The van der Waals surface area contributed by atoms with Crippen molar-refractivity contribution in [2.75, 3.05) is 16.8 Å². The van der Waals surface area contributed by atoms with Crippen molar-refractivity contribution in [1.82, 2.24) is 9.97 Å². The normalized spacial score (nSPS) is 17.4. The van der Waals surface area contributed by atoms with Gasteiger partial charge in [0.25, 0.3) is 0 Å². The first kappa shape index (κ1) is 16.1. The maximum Gasteiger partial charge on any atom is 0.387 e. The zero-order chi connectivity index (χ0) is 17.1. The fraction of sp³-hybridized carbons (Fsp3) is 0.312. The predicted octanol–water partition coefficient (Wildman–Crippen LogP) is 2.60. The number of aryl methyl sites for hydroxylation is 1. The highest BCUT2D eigenvalue weighted by Crippen LogP contribution is 2.32. The Bertz CT molecular complexity index is 742. The fourth-order valence-electron chi connectivity index (χ4n) is 2.64. The molecule has 0 aliphatic carbocycles. The number of amides is 1. The van der Waals surface area contributed by atoms with Gasteiger partial charge in [-0.05, 0) is 25.5 Å². The van der Waals surface area contributed by atoms with Crippen LogP contribution in [0.2, 0.25) is 0 Å². The molecule has 8 heteroatoms. The van der Waals surface area contributed by atoms with Crippen LogP contribution in [0.3, 0.4) is 0 Å². The number of rotatable bonds is 5. The first-order valence-corrected chi connectivity index (χ1v) is 7.45. The molecule has 0 saturated carbocycles. The van der Waals surface area contributed by atoms with Gasteiger partial charge in [-0.25, -0.2) is 4.98 Å². The number of ether oxygens (including phenoxy) is 1. The number of nitrogens with one attached hydrogen (secondary N) is 1. The number of aromatic nitrogens is 2. The lowest BCUT2D eigenvalue weighted by Crippen LogP contribution is -2.34. The van der Waals surface area contributed by atoms with Gasteiger partial charge in [-0.3, -0.25) is 9.78 Å². The highest BCUT2D eigenvalue weighted by Gasteiger charge is 2.34. The smallest absolute Gasteiger partial charge is 0.387 e. The van der Waals surface area contributed by atoms with E-state index in [9.17, 15) is 13.6 Å². The Labute approximate surface area is 137 Å². The molecule has 6 nitrogen and oxygen atoms in total. The lowest BCUT2D eigenvalue weighted by molar-refractivity contribution is -0.117. The highest BCUT2D eigenvalue weighted by molar-refractivity contribution is 6.01. The molecule has 0 bridgehead atoms. The van der Waals surface area contributed by atoms with E-state index >= 15 is 0 Å². The van der Waals surface area contributed by atoms with Gasteiger partial charge in [-0.15, -0.1) is 0 Å². The number of nitrogens with zero attached hydrogens (tertiary/aromatic N) is 3. The number of alkyl halides is 2. The van der Waals surface area contributed by atoms with Crippen molar-refractivity contribution >= 4 is 17.4 Å². The molecule has 0 spiro atoms. The van der Waals surface area contributed by atoms with Gasteiger partial charge < -0.3 is 15.0 Å². The summed E-state index contributed by atoms with van der Waals surface area (Å²) in [6, 6.07) is 5.78. The molecular weight excluding hydrogens is 318 g/mol. The molecule has 2 aromatic rings. The van der Waals surface area contributed by atoms with Crippen molar-refractivity contribution in [2.24, 2.45) is 0 Å². The standard InChI is InChI=1S/C16H16F2N4O2/c1-10-8-19-9-14(20-10)21-11-6-7-22(15(11)23)12-4-2-3-5-13(12)24-16(17)18/h2-5,8-9,11,16H,6-7H2,1H3,(H,20,21)/t11-/m0/s1. The van der Waals surface area contributed by atoms with Gasteiger partial charge in [0.2, 0.25) is 5.91 Å². The minimum atomic E-state index is -2.94. The van der Waals surface area contributed by atoms with Crippen LogP contribution in [0, 0.1) is 6.92 Å². The summed E-state index contributed by atoms with van der Waals surface area (Å²) in [7, 11) is 0. The number of halogens is 2. The predicted molar refractivity (Wildman–Crippen MR) is 84.2 cm³/mol. The van der Waals surface area contributed by atoms with E-state index in [1.807, 2.05) is 0 Å². The molecule has 1 aliphatic rings. The zero-order valence-electron chi connectivity index (χ0n) is 12.9. The summed E-state index contributed by atoms with van der Waals surface area (Å²) in [6.07, 6.45) is 3.68. The minimum absolute atomic E-state index is 0.0168. The second kappa shape index (κ2) is 6.77. The van der Waals surface area contributed by atoms with Gasteiger partial charge in [0, 0.05) is 12.7 Å². The molecule has 0 unspecified atom stereocenters. The molecule has 1 atom stereocenters. The number of carbonyl (C=O) groups excluding carboxylic acids is 1. The van der Waals surface area contributed by atoms with Gasteiger partial charge in [-0.2, -0.15) is 8.78 Å². The fourth-order valence-corrected chi connectivity index (χ4v) is 2.64. The van der Waals surface area contributed by atoms with Crippen LogP contribution in [0.5, 0.6) is 5.75 Å². The maximum absolute atomic E-state index is 12.6. The summed E-state index contributed by atoms with van der Waals surface area (Å²) in [6.45, 7) is -0.738. The van der Waals surface area contributed by atoms with Gasteiger partial charge in [-0.1, -0.05) is 12.1 Å². The molecule has 1 fully saturated rings. The third kappa shape index (κ3) is 3.42. The summed E-state index contributed by atoms with van der Waals surface area (Å²) in [5, 5.41) is 3.04. The van der Waals surface area contributed by atoms with Crippen LogP contribution in [0.15, 0.2) is 36.7 Å². The first-order valence-electron chi connectivity index (χ1n) is 7.45. The van der Waals surface area contributed by atoms with Crippen LogP contribution in [0.4, 0.5) is 20.3 Å². The van der Waals surface area contributed by atoms with Crippen LogP contribution >= 0.6 is 0 Å². The third-order valence-electron chi connectivity index (χ3n) is 3.65. The Morgan fingerprint density at radius 2 is 2.12 bits per heavy atom. The molecule has 1 aromatic carbocycles. The lowest BCUT2D eigenvalue weighted by atomic mass is 10.2. The summed E-state index contributed by atoms with van der Waals surface area (Å²) in [5.74, 6) is 0.271. The molecule has 3 rings (SSSR count). The third-order valence-corrected chi connectivity index (χ3v) is 3.65. The number of anilines is 2. The quantitative estimate of drug-likeness (QED) is 0.910. The molecule has 1 N–H and O–H groups in total. The second-order valence-electron chi connectivity index (χ2n) is 5.37. The van der Waals surface area contributed by atoms with E-state index in [1.54, 1.807) is 31.3 Å². The highest BCUT2D eigenvalue weighted by atomic mass is 19.3. The Morgan fingerprint density at radius 1 is 1.33 bits per heavy atom. The Morgan fingerprint density at radius 3 is 2.88 bits per heavy atom. The SMILES string of the molecule is Cc1cncc(N[C@H]2CCN(c3ccccc3OC(F)F)C2=O)n1. The Hall–Kier alpha value is -2.77. The average Bonchev–Trinajstić information content (AvgIpc) is 2.88. The topological polar surface area (TPSA) is 67.3 Å². The molecule has 1 aliphatic heterocycles. The summed E-state index contributed by atoms with van der Waals surface area (Å²) < 4.78 is 29.6. The van der Waals surface area contributed by atoms with Gasteiger partial charge in [0.05, 0.1) is 17.6 Å². The van der Waals surface area contributed by atoms with E-state index in [4.69, 9.17) is 0 Å². The molecule has 1 aromatic heterocycles. The molecule has 126 valence electrons. The monoisotopic (exact) mass is 334 g/mol. The number of carbonyl (C=O) groups is 1. The van der Waals surface area contributed by atoms with Gasteiger partial charge >= 0.3 is 6.61 Å². The summed E-state index contributed by atoms with van der Waals surface area (Å²) in [4.78, 5) is 22.3. The van der Waals surface area contributed by atoms with Gasteiger partial charge in [0.15, 0.2) is 0 Å². The van der Waals surface area contributed by atoms with E-state index in [1.165, 1.54) is 17.2 Å². The van der Waals surface area contributed by atoms with Crippen LogP contribution < -0.4 is 15.0 Å². The average molecular weight is 334 g/mol. The van der Waals surface area contributed by atoms with Crippen molar-refractivity contribution in [3.8, 4) is 5.75 Å². The van der Waals surface area contributed by atoms with E-state index in [-0.39, 0.29) is 11.7 Å². The summed E-state index contributed by atoms with van der Waals surface area (Å²) in [5.41, 5.74) is 1.07. The van der Waals surface area contributed by atoms with Crippen LogP contribution in [-0.2, 0) is 4.79 Å². The molecule has 1 saturated heterocycles. The van der Waals surface area contributed by atoms with Crippen molar-refractivity contribution in [3.05, 3.63) is 42.4 Å². The molecular formula is C16H16F2N4O2. The Kier molecular flexibility index (Phi) is 4.54. The molecule has 24 heavy (non-hydrogen) atoms. The number of hydrogen-bond donors (Lipinski definition) is 1. The Balaban J connectivity index is 1.77. The van der Waals surface area contributed by atoms with Gasteiger partial charge in [0.1, 0.15) is 17.6 Å². The van der Waals surface area contributed by atoms with E-state index < -0.39 is 12.7 Å². The second-order valence-corrected chi connectivity index (χ2v) is 5.37. The zero-order valence-corrected chi connectivity index (χ0v) is 12.9. The molecule has 1 amide bonds. The van der Waals surface area contributed by atoms with E-state index in [0.717, 1.165) is 5.69 Å². The van der Waals surface area contributed by atoms with Crippen molar-refractivity contribution in [2.45, 2.75) is 26.0 Å². The number of benzene rings is 1. The minimum Gasteiger partial charge on any atom is -0.433 e. The van der Waals surface area contributed by atoms with Crippen molar-refractivity contribution in [3.63, 3.8) is 0 Å². The summed E-state index contributed by atoms with van der Waals surface area (Å²) >= 11 is 0. The van der Waals surface area contributed by atoms with E-state index in [2.05, 4.69) is 20.0 Å². The molecule has 2 heterocycles. The largest absolute Gasteiger partial charge is 0.433 e. The van der Waals surface area contributed by atoms with Crippen molar-refractivity contribution in [1.29, 1.82) is 0 Å². The maximum atomic E-state index is 12.6. The lowest BCUT2D eigenvalue weighted by Gasteiger charge is -2.20.